The lowest BCUT2D eigenvalue weighted by Gasteiger charge is -2.24. The van der Waals surface area contributed by atoms with E-state index in [9.17, 15) is 13.2 Å². The van der Waals surface area contributed by atoms with Crippen molar-refractivity contribution >= 4 is 11.4 Å². The molecular formula is C14H20F3N3O. The van der Waals surface area contributed by atoms with Crippen molar-refractivity contribution in [3.63, 3.8) is 0 Å². The third-order valence-electron chi connectivity index (χ3n) is 3.67. The van der Waals surface area contributed by atoms with Crippen LogP contribution in [0.1, 0.15) is 19.8 Å². The van der Waals surface area contributed by atoms with Crippen molar-refractivity contribution in [1.29, 1.82) is 0 Å². The van der Waals surface area contributed by atoms with Crippen LogP contribution < -0.4 is 15.8 Å². The maximum atomic E-state index is 13.5. The van der Waals surface area contributed by atoms with Crippen LogP contribution >= 0.6 is 0 Å². The lowest BCUT2D eigenvalue weighted by atomic mass is 10.2. The number of nitrogen functional groups attached to an aromatic ring is 1. The average molecular weight is 303 g/mol. The zero-order valence-electron chi connectivity index (χ0n) is 11.9. The molecule has 0 saturated carbocycles. The van der Waals surface area contributed by atoms with Gasteiger partial charge in [0.15, 0.2) is 11.6 Å². The highest BCUT2D eigenvalue weighted by Crippen LogP contribution is 2.29. The standard InChI is InChI=1S/C14H20F3N3O/c1-9(20-4-2-3-5-20)8-19-12-7-13(21-14(16)17)10(15)6-11(12)18/h6-7,9,14,19H,2-5,8,18H2,1H3. The predicted molar refractivity (Wildman–Crippen MR) is 76.2 cm³/mol. The Labute approximate surface area is 122 Å². The molecule has 0 spiro atoms. The second-order valence-electron chi connectivity index (χ2n) is 5.22. The summed E-state index contributed by atoms with van der Waals surface area (Å²) in [6, 6.07) is 2.45. The molecule has 1 aliphatic heterocycles. The molecule has 1 aromatic carbocycles. The summed E-state index contributed by atoms with van der Waals surface area (Å²) >= 11 is 0. The van der Waals surface area contributed by atoms with Gasteiger partial charge in [0.2, 0.25) is 0 Å². The lowest BCUT2D eigenvalue weighted by molar-refractivity contribution is -0.0521. The van der Waals surface area contributed by atoms with Crippen molar-refractivity contribution in [1.82, 2.24) is 4.90 Å². The Morgan fingerprint density at radius 3 is 2.62 bits per heavy atom. The summed E-state index contributed by atoms with van der Waals surface area (Å²) in [6.45, 7) is 1.72. The molecule has 7 heteroatoms. The Bertz CT molecular complexity index is 479. The monoisotopic (exact) mass is 303 g/mol. The highest BCUT2D eigenvalue weighted by atomic mass is 19.3. The highest BCUT2D eigenvalue weighted by Gasteiger charge is 2.18. The third-order valence-corrected chi connectivity index (χ3v) is 3.67. The summed E-state index contributed by atoms with van der Waals surface area (Å²) in [5.41, 5.74) is 6.27. The topological polar surface area (TPSA) is 50.5 Å². The van der Waals surface area contributed by atoms with Gasteiger partial charge < -0.3 is 15.8 Å². The Hall–Kier alpha value is -1.63. The number of ether oxygens (including phenoxy) is 1. The second kappa shape index (κ2) is 6.89. The Kier molecular flexibility index (Phi) is 5.17. The fourth-order valence-corrected chi connectivity index (χ4v) is 2.48. The van der Waals surface area contributed by atoms with Gasteiger partial charge in [-0.1, -0.05) is 0 Å². The molecule has 1 aromatic rings. The number of rotatable bonds is 6. The van der Waals surface area contributed by atoms with Gasteiger partial charge in [0.25, 0.3) is 0 Å². The van der Waals surface area contributed by atoms with Crippen LogP contribution in [0.25, 0.3) is 0 Å². The summed E-state index contributed by atoms with van der Waals surface area (Å²) in [5, 5.41) is 3.07. The largest absolute Gasteiger partial charge is 0.432 e. The lowest BCUT2D eigenvalue weighted by Crippen LogP contribution is -2.35. The number of hydrogen-bond acceptors (Lipinski definition) is 4. The van der Waals surface area contributed by atoms with E-state index in [-0.39, 0.29) is 11.7 Å². The fraction of sp³-hybridized carbons (Fsp3) is 0.571. The minimum Gasteiger partial charge on any atom is -0.432 e. The number of hydrogen-bond donors (Lipinski definition) is 2. The van der Waals surface area contributed by atoms with Gasteiger partial charge in [-0.3, -0.25) is 4.90 Å². The number of halogens is 3. The van der Waals surface area contributed by atoms with Gasteiger partial charge in [-0.15, -0.1) is 0 Å². The number of anilines is 2. The molecular weight excluding hydrogens is 283 g/mol. The maximum Gasteiger partial charge on any atom is 0.387 e. The van der Waals surface area contributed by atoms with Crippen molar-refractivity contribution in [3.05, 3.63) is 17.9 Å². The molecule has 0 radical (unpaired) electrons. The highest BCUT2D eigenvalue weighted by molar-refractivity contribution is 5.68. The maximum absolute atomic E-state index is 13.5. The van der Waals surface area contributed by atoms with Crippen LogP contribution in [0.4, 0.5) is 24.5 Å². The number of nitrogens with two attached hydrogens (primary N) is 1. The van der Waals surface area contributed by atoms with Crippen molar-refractivity contribution < 1.29 is 17.9 Å². The quantitative estimate of drug-likeness (QED) is 0.793. The van der Waals surface area contributed by atoms with Gasteiger partial charge in [0.05, 0.1) is 11.4 Å². The van der Waals surface area contributed by atoms with Crippen LogP contribution in [0, 0.1) is 5.82 Å². The number of likely N-dealkylation sites (tertiary alicyclic amines) is 1. The molecule has 0 aromatic heterocycles. The first-order valence-electron chi connectivity index (χ1n) is 6.99. The third kappa shape index (κ3) is 4.17. The van der Waals surface area contributed by atoms with Gasteiger partial charge in [-0.25, -0.2) is 4.39 Å². The smallest absolute Gasteiger partial charge is 0.387 e. The summed E-state index contributed by atoms with van der Waals surface area (Å²) < 4.78 is 42.0. The van der Waals surface area contributed by atoms with E-state index in [4.69, 9.17) is 5.73 Å². The summed E-state index contributed by atoms with van der Waals surface area (Å²) in [7, 11) is 0. The van der Waals surface area contributed by atoms with E-state index < -0.39 is 18.2 Å². The first kappa shape index (κ1) is 15.8. The van der Waals surface area contributed by atoms with E-state index >= 15 is 0 Å². The zero-order chi connectivity index (χ0) is 15.4. The van der Waals surface area contributed by atoms with E-state index in [2.05, 4.69) is 21.9 Å². The molecule has 1 heterocycles. The van der Waals surface area contributed by atoms with Crippen molar-refractivity contribution in [2.45, 2.75) is 32.4 Å². The minimum atomic E-state index is -3.07. The Balaban J connectivity index is 2.01. The molecule has 4 nitrogen and oxygen atoms in total. The van der Waals surface area contributed by atoms with Gasteiger partial charge >= 0.3 is 6.61 Å². The van der Waals surface area contributed by atoms with Gasteiger partial charge in [-0.2, -0.15) is 8.78 Å². The second-order valence-corrected chi connectivity index (χ2v) is 5.22. The molecule has 0 aliphatic carbocycles. The SMILES string of the molecule is CC(CNc1cc(OC(F)F)c(F)cc1N)N1CCCC1. The summed E-state index contributed by atoms with van der Waals surface area (Å²) in [4.78, 5) is 2.34. The van der Waals surface area contributed by atoms with Crippen LogP contribution in [0.3, 0.4) is 0 Å². The van der Waals surface area contributed by atoms with Crippen LogP contribution in [-0.4, -0.2) is 37.2 Å². The van der Waals surface area contributed by atoms with Crippen LogP contribution in [0.2, 0.25) is 0 Å². The predicted octanol–water partition coefficient (Wildman–Crippen LogP) is 2.91. The Morgan fingerprint density at radius 1 is 1.33 bits per heavy atom. The van der Waals surface area contributed by atoms with Gasteiger partial charge in [-0.05, 0) is 32.9 Å². The van der Waals surface area contributed by atoms with Gasteiger partial charge in [0.1, 0.15) is 0 Å². The van der Waals surface area contributed by atoms with E-state index in [1.807, 2.05) is 0 Å². The molecule has 21 heavy (non-hydrogen) atoms. The molecule has 1 unspecified atom stereocenters. The zero-order valence-corrected chi connectivity index (χ0v) is 11.9. The summed E-state index contributed by atoms with van der Waals surface area (Å²) in [6.07, 6.45) is 2.38. The number of nitrogens with zero attached hydrogens (tertiary/aromatic N) is 1. The minimum absolute atomic E-state index is 0.169. The molecule has 0 amide bonds. The van der Waals surface area contributed by atoms with E-state index in [1.54, 1.807) is 0 Å². The van der Waals surface area contributed by atoms with Crippen molar-refractivity contribution in [2.75, 3.05) is 30.7 Å². The fourth-order valence-electron chi connectivity index (χ4n) is 2.48. The normalized spacial score (nSPS) is 17.2. The molecule has 2 rings (SSSR count). The first-order valence-corrected chi connectivity index (χ1v) is 6.99. The molecule has 1 saturated heterocycles. The summed E-state index contributed by atoms with van der Waals surface area (Å²) in [5.74, 6) is -1.40. The van der Waals surface area contributed by atoms with E-state index in [1.165, 1.54) is 18.9 Å². The Morgan fingerprint density at radius 2 is 2.00 bits per heavy atom. The van der Waals surface area contributed by atoms with E-state index in [0.29, 0.717) is 12.2 Å². The molecule has 1 fully saturated rings. The molecule has 3 N–H and O–H groups in total. The molecule has 1 atom stereocenters. The van der Waals surface area contributed by atoms with Crippen LogP contribution in [0.15, 0.2) is 12.1 Å². The average Bonchev–Trinajstić information content (AvgIpc) is 2.93. The number of alkyl halides is 2. The molecule has 1 aliphatic rings. The molecule has 118 valence electrons. The van der Waals surface area contributed by atoms with Crippen molar-refractivity contribution in [2.24, 2.45) is 0 Å². The number of benzene rings is 1. The number of nitrogens with one attached hydrogen (secondary N) is 1. The van der Waals surface area contributed by atoms with Crippen LogP contribution in [-0.2, 0) is 0 Å². The molecule has 0 bridgehead atoms. The van der Waals surface area contributed by atoms with Crippen molar-refractivity contribution in [3.8, 4) is 5.75 Å². The van der Waals surface area contributed by atoms with Gasteiger partial charge in [0, 0.05) is 24.7 Å². The van der Waals surface area contributed by atoms with E-state index in [0.717, 1.165) is 19.2 Å². The first-order chi connectivity index (χ1) is 9.97. The van der Waals surface area contributed by atoms with Crippen LogP contribution in [0.5, 0.6) is 5.75 Å².